The molecule has 0 bridgehead atoms. The van der Waals surface area contributed by atoms with Crippen molar-refractivity contribution < 1.29 is 17.9 Å². The third kappa shape index (κ3) is 3.68. The summed E-state index contributed by atoms with van der Waals surface area (Å²) in [5, 5.41) is 0. The maximum absolute atomic E-state index is 12.6. The Labute approximate surface area is 121 Å². The third-order valence-electron chi connectivity index (χ3n) is 3.21. The van der Waals surface area contributed by atoms with Crippen LogP contribution < -0.4 is 10.5 Å². The molecule has 2 N–H and O–H groups in total. The molecule has 0 radical (unpaired) electrons. The molecule has 0 saturated carbocycles. The van der Waals surface area contributed by atoms with E-state index in [0.717, 1.165) is 23.3 Å². The number of halogens is 3. The fraction of sp³-hybridized carbons (Fsp3) is 0.250. The molecule has 0 amide bonds. The first-order chi connectivity index (χ1) is 9.77. The highest BCUT2D eigenvalue weighted by Crippen LogP contribution is 2.30. The highest BCUT2D eigenvalue weighted by atomic mass is 19.4. The van der Waals surface area contributed by atoms with Crippen LogP contribution in [0.2, 0.25) is 0 Å². The second kappa shape index (κ2) is 5.68. The summed E-state index contributed by atoms with van der Waals surface area (Å²) in [5.74, 6) is 0.624. The van der Waals surface area contributed by atoms with Gasteiger partial charge in [0.2, 0.25) is 0 Å². The van der Waals surface area contributed by atoms with E-state index < -0.39 is 11.7 Å². The molecule has 5 heteroatoms. The number of rotatable bonds is 3. The van der Waals surface area contributed by atoms with E-state index in [0.29, 0.717) is 17.0 Å². The highest BCUT2D eigenvalue weighted by Gasteiger charge is 2.30. The van der Waals surface area contributed by atoms with Crippen LogP contribution in [0.1, 0.15) is 22.3 Å². The van der Waals surface area contributed by atoms with Gasteiger partial charge in [-0.2, -0.15) is 13.2 Å². The summed E-state index contributed by atoms with van der Waals surface area (Å²) >= 11 is 0. The molecule has 2 nitrogen and oxygen atoms in total. The van der Waals surface area contributed by atoms with Gasteiger partial charge in [0.15, 0.2) is 0 Å². The number of anilines is 1. The lowest BCUT2D eigenvalue weighted by Crippen LogP contribution is -2.06. The van der Waals surface area contributed by atoms with Crippen LogP contribution in [-0.2, 0) is 12.8 Å². The van der Waals surface area contributed by atoms with Crippen molar-refractivity contribution in [2.75, 3.05) is 5.73 Å². The third-order valence-corrected chi connectivity index (χ3v) is 3.21. The minimum absolute atomic E-state index is 0.0775. The lowest BCUT2D eigenvalue weighted by atomic mass is 10.1. The van der Waals surface area contributed by atoms with Crippen LogP contribution in [-0.4, -0.2) is 0 Å². The first-order valence-corrected chi connectivity index (χ1v) is 6.43. The van der Waals surface area contributed by atoms with E-state index >= 15 is 0 Å². The van der Waals surface area contributed by atoms with E-state index in [2.05, 4.69) is 0 Å². The Bertz CT molecular complexity index is 650. The number of nitrogen functional groups attached to an aromatic ring is 1. The molecule has 2 aromatic rings. The van der Waals surface area contributed by atoms with Crippen molar-refractivity contribution in [3.8, 4) is 5.75 Å². The van der Waals surface area contributed by atoms with E-state index in [4.69, 9.17) is 10.5 Å². The van der Waals surface area contributed by atoms with E-state index in [9.17, 15) is 13.2 Å². The Morgan fingerprint density at radius 1 is 1.05 bits per heavy atom. The molecule has 112 valence electrons. The Hall–Kier alpha value is -2.17. The minimum Gasteiger partial charge on any atom is -0.489 e. The zero-order valence-electron chi connectivity index (χ0n) is 11.8. The minimum atomic E-state index is -4.34. The molecule has 0 unspecified atom stereocenters. The average molecular weight is 295 g/mol. The van der Waals surface area contributed by atoms with Gasteiger partial charge in [0.25, 0.3) is 0 Å². The molecule has 0 aliphatic rings. The van der Waals surface area contributed by atoms with Crippen molar-refractivity contribution in [3.05, 3.63) is 58.7 Å². The highest BCUT2D eigenvalue weighted by molar-refractivity contribution is 5.53. The Morgan fingerprint density at radius 2 is 1.76 bits per heavy atom. The second-order valence-electron chi connectivity index (χ2n) is 4.96. The van der Waals surface area contributed by atoms with Gasteiger partial charge >= 0.3 is 6.18 Å². The molecule has 2 aromatic carbocycles. The van der Waals surface area contributed by atoms with Crippen molar-refractivity contribution >= 4 is 5.69 Å². The van der Waals surface area contributed by atoms with Gasteiger partial charge in [-0.25, -0.2) is 0 Å². The molecular weight excluding hydrogens is 279 g/mol. The molecule has 2 rings (SSSR count). The van der Waals surface area contributed by atoms with Gasteiger partial charge < -0.3 is 10.5 Å². The molecular formula is C16H16F3NO. The molecule has 0 aliphatic carbocycles. The Balaban J connectivity index is 2.15. The van der Waals surface area contributed by atoms with Gasteiger partial charge in [-0.3, -0.25) is 0 Å². The normalized spacial score (nSPS) is 11.5. The van der Waals surface area contributed by atoms with Crippen LogP contribution >= 0.6 is 0 Å². The number of aryl methyl sites for hydroxylation is 2. The Morgan fingerprint density at radius 3 is 2.43 bits per heavy atom. The van der Waals surface area contributed by atoms with Crippen LogP contribution in [0.25, 0.3) is 0 Å². The topological polar surface area (TPSA) is 35.2 Å². The second-order valence-corrected chi connectivity index (χ2v) is 4.96. The molecule has 0 aliphatic heterocycles. The number of alkyl halides is 3. The van der Waals surface area contributed by atoms with E-state index in [1.807, 2.05) is 13.8 Å². The molecule has 0 aromatic heterocycles. The zero-order valence-corrected chi connectivity index (χ0v) is 11.8. The largest absolute Gasteiger partial charge is 0.489 e. The van der Waals surface area contributed by atoms with Crippen LogP contribution in [0.15, 0.2) is 36.4 Å². The monoisotopic (exact) mass is 295 g/mol. The van der Waals surface area contributed by atoms with Gasteiger partial charge in [-0.05, 0) is 54.8 Å². The number of hydrogen-bond donors (Lipinski definition) is 1. The molecule has 0 saturated heterocycles. The van der Waals surface area contributed by atoms with Crippen LogP contribution in [0.3, 0.4) is 0 Å². The van der Waals surface area contributed by atoms with Gasteiger partial charge in [0, 0.05) is 5.69 Å². The molecule has 0 atom stereocenters. The lowest BCUT2D eigenvalue weighted by Gasteiger charge is -2.13. The number of nitrogens with two attached hydrogens (primary N) is 1. The number of ether oxygens (including phenoxy) is 1. The van der Waals surface area contributed by atoms with E-state index in [1.165, 1.54) is 6.07 Å². The zero-order chi connectivity index (χ0) is 15.6. The molecule has 0 heterocycles. The van der Waals surface area contributed by atoms with Crippen LogP contribution in [0.4, 0.5) is 18.9 Å². The van der Waals surface area contributed by atoms with Gasteiger partial charge in [-0.1, -0.05) is 12.1 Å². The fourth-order valence-electron chi connectivity index (χ4n) is 1.97. The summed E-state index contributed by atoms with van der Waals surface area (Å²) in [6, 6.07) is 8.70. The fourth-order valence-corrected chi connectivity index (χ4v) is 1.97. The van der Waals surface area contributed by atoms with Crippen LogP contribution in [0.5, 0.6) is 5.75 Å². The lowest BCUT2D eigenvalue weighted by molar-refractivity contribution is -0.137. The summed E-state index contributed by atoms with van der Waals surface area (Å²) < 4.78 is 43.5. The summed E-state index contributed by atoms with van der Waals surface area (Å²) in [6.07, 6.45) is -4.34. The van der Waals surface area contributed by atoms with Crippen molar-refractivity contribution in [2.45, 2.75) is 26.6 Å². The van der Waals surface area contributed by atoms with E-state index in [-0.39, 0.29) is 6.61 Å². The predicted molar refractivity (Wildman–Crippen MR) is 76.1 cm³/mol. The molecule has 0 fully saturated rings. The quantitative estimate of drug-likeness (QED) is 0.847. The number of hydrogen-bond acceptors (Lipinski definition) is 2. The standard InChI is InChI=1S/C16H16F3NO/c1-10-7-15(11(2)6-14(10)20)21-9-12-4-3-5-13(8-12)16(17,18)19/h3-8H,9,20H2,1-2H3. The molecule has 21 heavy (non-hydrogen) atoms. The maximum Gasteiger partial charge on any atom is 0.416 e. The predicted octanol–water partition coefficient (Wildman–Crippen LogP) is 4.48. The SMILES string of the molecule is Cc1cc(OCc2cccc(C(F)(F)F)c2)c(C)cc1N. The van der Waals surface area contributed by atoms with Crippen LogP contribution in [0, 0.1) is 13.8 Å². The first-order valence-electron chi connectivity index (χ1n) is 6.43. The summed E-state index contributed by atoms with van der Waals surface area (Å²) in [4.78, 5) is 0. The van der Waals surface area contributed by atoms with E-state index in [1.54, 1.807) is 18.2 Å². The summed E-state index contributed by atoms with van der Waals surface area (Å²) in [5.41, 5.74) is 7.97. The average Bonchev–Trinajstić information content (AvgIpc) is 2.41. The van der Waals surface area contributed by atoms with Gasteiger partial charge in [-0.15, -0.1) is 0 Å². The first kappa shape index (κ1) is 15.2. The Kier molecular flexibility index (Phi) is 4.11. The number of benzene rings is 2. The maximum atomic E-state index is 12.6. The van der Waals surface area contributed by atoms with Crippen molar-refractivity contribution in [1.82, 2.24) is 0 Å². The smallest absolute Gasteiger partial charge is 0.416 e. The molecule has 0 spiro atoms. The van der Waals surface area contributed by atoms with Crippen molar-refractivity contribution in [2.24, 2.45) is 0 Å². The van der Waals surface area contributed by atoms with Gasteiger partial charge in [0.05, 0.1) is 5.56 Å². The summed E-state index contributed by atoms with van der Waals surface area (Å²) in [7, 11) is 0. The van der Waals surface area contributed by atoms with Gasteiger partial charge in [0.1, 0.15) is 12.4 Å². The summed E-state index contributed by atoms with van der Waals surface area (Å²) in [6.45, 7) is 3.78. The van der Waals surface area contributed by atoms with Crippen molar-refractivity contribution in [3.63, 3.8) is 0 Å². The van der Waals surface area contributed by atoms with Crippen molar-refractivity contribution in [1.29, 1.82) is 0 Å².